The van der Waals surface area contributed by atoms with Gasteiger partial charge in [0.1, 0.15) is 5.75 Å². The van der Waals surface area contributed by atoms with Gasteiger partial charge in [0.15, 0.2) is 6.61 Å². The minimum absolute atomic E-state index is 0.0115. The molecule has 1 N–H and O–H groups in total. The van der Waals surface area contributed by atoms with E-state index in [1.165, 1.54) is 5.56 Å². The largest absolute Gasteiger partial charge is 0.484 e. The van der Waals surface area contributed by atoms with Gasteiger partial charge in [0.25, 0.3) is 5.91 Å². The highest BCUT2D eigenvalue weighted by Gasteiger charge is 2.22. The van der Waals surface area contributed by atoms with Crippen LogP contribution in [-0.4, -0.2) is 42.7 Å². The van der Waals surface area contributed by atoms with E-state index in [1.807, 2.05) is 43.3 Å². The molecule has 3 rings (SSSR count). The Morgan fingerprint density at radius 3 is 2.54 bits per heavy atom. The Kier molecular flexibility index (Phi) is 6.70. The third kappa shape index (κ3) is 5.57. The highest BCUT2D eigenvalue weighted by molar-refractivity contribution is 5.92. The number of nitrogens with one attached hydrogen (secondary N) is 1. The second kappa shape index (κ2) is 9.22. The van der Waals surface area contributed by atoms with Crippen LogP contribution in [0.2, 0.25) is 0 Å². The average molecular weight is 383 g/mol. The van der Waals surface area contributed by atoms with Crippen molar-refractivity contribution in [2.45, 2.75) is 46.4 Å². The van der Waals surface area contributed by atoms with Crippen LogP contribution < -0.4 is 10.1 Å². The third-order valence-corrected chi connectivity index (χ3v) is 5.03. The zero-order chi connectivity index (χ0) is 20.1. The number of ether oxygens (including phenoxy) is 2. The summed E-state index contributed by atoms with van der Waals surface area (Å²) in [5.74, 6) is 0.553. The van der Waals surface area contributed by atoms with E-state index in [1.54, 1.807) is 0 Å². The molecular formula is C23H30N2O3. The lowest BCUT2D eigenvalue weighted by Gasteiger charge is -2.35. The molecule has 0 spiro atoms. The van der Waals surface area contributed by atoms with Crippen molar-refractivity contribution in [3.05, 3.63) is 59.2 Å². The maximum absolute atomic E-state index is 12.4. The van der Waals surface area contributed by atoms with Gasteiger partial charge < -0.3 is 14.8 Å². The molecule has 5 heteroatoms. The fraction of sp³-hybridized carbons (Fsp3) is 0.435. The minimum Gasteiger partial charge on any atom is -0.484 e. The molecule has 2 unspecified atom stereocenters. The van der Waals surface area contributed by atoms with Crippen molar-refractivity contribution < 1.29 is 14.3 Å². The number of hydrogen-bond acceptors (Lipinski definition) is 4. The van der Waals surface area contributed by atoms with Crippen molar-refractivity contribution in [2.24, 2.45) is 0 Å². The predicted octanol–water partition coefficient (Wildman–Crippen LogP) is 3.93. The van der Waals surface area contributed by atoms with E-state index in [0.717, 1.165) is 36.4 Å². The first kappa shape index (κ1) is 20.4. The van der Waals surface area contributed by atoms with Gasteiger partial charge in [-0.15, -0.1) is 0 Å². The molecule has 1 amide bonds. The smallest absolute Gasteiger partial charge is 0.262 e. The Balaban J connectivity index is 1.59. The van der Waals surface area contributed by atoms with Crippen molar-refractivity contribution in [1.29, 1.82) is 0 Å². The molecule has 2 atom stereocenters. The molecule has 5 nitrogen and oxygen atoms in total. The van der Waals surface area contributed by atoms with E-state index < -0.39 is 0 Å². The number of morpholine rings is 1. The summed E-state index contributed by atoms with van der Waals surface area (Å²) in [4.78, 5) is 14.8. The average Bonchev–Trinajstić information content (AvgIpc) is 2.63. The molecule has 0 saturated carbocycles. The number of anilines is 1. The summed E-state index contributed by atoms with van der Waals surface area (Å²) in [6.45, 7) is 10.8. The van der Waals surface area contributed by atoms with E-state index in [0.29, 0.717) is 5.75 Å². The van der Waals surface area contributed by atoms with Crippen molar-refractivity contribution in [2.75, 3.05) is 25.0 Å². The number of rotatable bonds is 6. The molecule has 0 radical (unpaired) electrons. The zero-order valence-electron chi connectivity index (χ0n) is 17.2. The molecule has 1 heterocycles. The lowest BCUT2D eigenvalue weighted by Crippen LogP contribution is -2.44. The maximum atomic E-state index is 12.4. The van der Waals surface area contributed by atoms with Gasteiger partial charge >= 0.3 is 0 Å². The van der Waals surface area contributed by atoms with E-state index in [4.69, 9.17) is 9.47 Å². The van der Waals surface area contributed by atoms with Gasteiger partial charge in [0.05, 0.1) is 12.2 Å². The zero-order valence-corrected chi connectivity index (χ0v) is 17.2. The standard InChI is InChI=1S/C23H30N2O3/c1-16-9-10-21(11-17(16)2)27-15-23(26)24-22-8-6-5-7-20(22)14-25-12-18(3)28-19(4)13-25/h5-11,18-19H,12-15H2,1-4H3,(H,24,26). The van der Waals surface area contributed by atoms with Crippen molar-refractivity contribution in [3.8, 4) is 5.75 Å². The van der Waals surface area contributed by atoms with Gasteiger partial charge in [0, 0.05) is 25.3 Å². The molecule has 1 aliphatic heterocycles. The first-order chi connectivity index (χ1) is 13.4. The molecular weight excluding hydrogens is 352 g/mol. The van der Waals surface area contributed by atoms with Gasteiger partial charge in [-0.05, 0) is 62.6 Å². The van der Waals surface area contributed by atoms with Crippen molar-refractivity contribution in [3.63, 3.8) is 0 Å². The molecule has 0 bridgehead atoms. The Morgan fingerprint density at radius 1 is 1.11 bits per heavy atom. The molecule has 1 saturated heterocycles. The van der Waals surface area contributed by atoms with Crippen molar-refractivity contribution >= 4 is 11.6 Å². The third-order valence-electron chi connectivity index (χ3n) is 5.03. The van der Waals surface area contributed by atoms with E-state index in [-0.39, 0.29) is 24.7 Å². The topological polar surface area (TPSA) is 50.8 Å². The quantitative estimate of drug-likeness (QED) is 0.822. The van der Waals surface area contributed by atoms with Crippen LogP contribution in [0.4, 0.5) is 5.69 Å². The Hall–Kier alpha value is -2.37. The number of para-hydroxylation sites is 1. The monoisotopic (exact) mass is 382 g/mol. The molecule has 2 aromatic carbocycles. The van der Waals surface area contributed by atoms with E-state index in [9.17, 15) is 4.79 Å². The van der Waals surface area contributed by atoms with Crippen LogP contribution in [0.25, 0.3) is 0 Å². The minimum atomic E-state index is -0.158. The van der Waals surface area contributed by atoms with Gasteiger partial charge in [0.2, 0.25) is 0 Å². The molecule has 1 fully saturated rings. The van der Waals surface area contributed by atoms with Crippen LogP contribution >= 0.6 is 0 Å². The first-order valence-corrected chi connectivity index (χ1v) is 9.86. The number of amides is 1. The summed E-state index contributed by atoms with van der Waals surface area (Å²) in [6, 6.07) is 13.8. The van der Waals surface area contributed by atoms with Crippen LogP contribution in [0, 0.1) is 13.8 Å². The second-order valence-corrected chi connectivity index (χ2v) is 7.69. The van der Waals surface area contributed by atoms with Crippen molar-refractivity contribution in [1.82, 2.24) is 4.90 Å². The van der Waals surface area contributed by atoms with Gasteiger partial charge in [-0.1, -0.05) is 24.3 Å². The highest BCUT2D eigenvalue weighted by atomic mass is 16.5. The van der Waals surface area contributed by atoms with Crippen LogP contribution in [-0.2, 0) is 16.1 Å². The summed E-state index contributed by atoms with van der Waals surface area (Å²) in [5, 5.41) is 3.00. The fourth-order valence-electron chi connectivity index (χ4n) is 3.57. The number of nitrogens with zero attached hydrogens (tertiary/aromatic N) is 1. The number of benzene rings is 2. The van der Waals surface area contributed by atoms with Gasteiger partial charge in [-0.25, -0.2) is 0 Å². The van der Waals surface area contributed by atoms with Crippen LogP contribution in [0.1, 0.15) is 30.5 Å². The number of carbonyl (C=O) groups is 1. The number of carbonyl (C=O) groups excluding carboxylic acids is 1. The predicted molar refractivity (Wildman–Crippen MR) is 112 cm³/mol. The Bertz CT molecular complexity index is 811. The molecule has 28 heavy (non-hydrogen) atoms. The molecule has 2 aromatic rings. The fourth-order valence-corrected chi connectivity index (χ4v) is 3.57. The van der Waals surface area contributed by atoms with Crippen LogP contribution in [0.15, 0.2) is 42.5 Å². The number of hydrogen-bond donors (Lipinski definition) is 1. The second-order valence-electron chi connectivity index (χ2n) is 7.69. The Morgan fingerprint density at radius 2 is 1.82 bits per heavy atom. The lowest BCUT2D eigenvalue weighted by molar-refractivity contribution is -0.118. The van der Waals surface area contributed by atoms with E-state index >= 15 is 0 Å². The summed E-state index contributed by atoms with van der Waals surface area (Å²) < 4.78 is 11.5. The summed E-state index contributed by atoms with van der Waals surface area (Å²) in [7, 11) is 0. The molecule has 0 aliphatic carbocycles. The highest BCUT2D eigenvalue weighted by Crippen LogP contribution is 2.21. The van der Waals surface area contributed by atoms with Gasteiger partial charge in [-0.3, -0.25) is 9.69 Å². The SMILES string of the molecule is Cc1ccc(OCC(=O)Nc2ccccc2CN2CC(C)OC(C)C2)cc1C. The molecule has 0 aromatic heterocycles. The summed E-state index contributed by atoms with van der Waals surface area (Å²) >= 11 is 0. The van der Waals surface area contributed by atoms with E-state index in [2.05, 4.69) is 37.1 Å². The summed E-state index contributed by atoms with van der Waals surface area (Å²) in [6.07, 6.45) is 0.439. The normalized spacial score (nSPS) is 20.0. The Labute approximate surface area is 167 Å². The lowest BCUT2D eigenvalue weighted by atomic mass is 10.1. The van der Waals surface area contributed by atoms with Gasteiger partial charge in [-0.2, -0.15) is 0 Å². The maximum Gasteiger partial charge on any atom is 0.262 e. The molecule has 1 aliphatic rings. The number of aryl methyl sites for hydroxylation is 2. The summed E-state index contributed by atoms with van der Waals surface area (Å²) in [5.41, 5.74) is 4.29. The first-order valence-electron chi connectivity index (χ1n) is 9.86. The van der Waals surface area contributed by atoms with Crippen LogP contribution in [0.5, 0.6) is 5.75 Å². The van der Waals surface area contributed by atoms with Crippen LogP contribution in [0.3, 0.4) is 0 Å². The molecule has 150 valence electrons.